The van der Waals surface area contributed by atoms with Gasteiger partial charge in [-0.15, -0.1) is 0 Å². The summed E-state index contributed by atoms with van der Waals surface area (Å²) in [6, 6.07) is 0.174. The van der Waals surface area contributed by atoms with Crippen LogP contribution in [-0.2, 0) is 14.3 Å². The van der Waals surface area contributed by atoms with Gasteiger partial charge in [-0.2, -0.15) is 0 Å². The van der Waals surface area contributed by atoms with E-state index in [-0.39, 0.29) is 24.7 Å². The van der Waals surface area contributed by atoms with Crippen molar-refractivity contribution in [3.05, 3.63) is 0 Å². The molecule has 5 heteroatoms. The van der Waals surface area contributed by atoms with E-state index in [1.807, 2.05) is 11.8 Å². The largest absolute Gasteiger partial charge is 0.377 e. The molecule has 0 aromatic rings. The van der Waals surface area contributed by atoms with Crippen molar-refractivity contribution in [3.63, 3.8) is 0 Å². The predicted molar refractivity (Wildman–Crippen MR) is 63.8 cm³/mol. The minimum absolute atomic E-state index is 0.0966. The molecule has 0 aliphatic carbocycles. The molecule has 17 heavy (non-hydrogen) atoms. The van der Waals surface area contributed by atoms with E-state index in [9.17, 15) is 4.79 Å². The summed E-state index contributed by atoms with van der Waals surface area (Å²) in [5, 5.41) is 3.28. The first-order valence-corrected chi connectivity index (χ1v) is 6.47. The zero-order valence-corrected chi connectivity index (χ0v) is 10.5. The maximum absolute atomic E-state index is 12.0. The van der Waals surface area contributed by atoms with Crippen molar-refractivity contribution in [2.45, 2.75) is 31.9 Å². The van der Waals surface area contributed by atoms with Gasteiger partial charge in [-0.25, -0.2) is 0 Å². The van der Waals surface area contributed by atoms with E-state index in [1.165, 1.54) is 0 Å². The minimum Gasteiger partial charge on any atom is -0.377 e. The first-order chi connectivity index (χ1) is 8.27. The monoisotopic (exact) mass is 242 g/mol. The second-order valence-corrected chi connectivity index (χ2v) is 4.77. The van der Waals surface area contributed by atoms with Crippen LogP contribution in [0.5, 0.6) is 0 Å². The summed E-state index contributed by atoms with van der Waals surface area (Å²) in [5.41, 5.74) is 0. The fourth-order valence-corrected chi connectivity index (χ4v) is 2.33. The number of hydrogen-bond donors (Lipinski definition) is 1. The standard InChI is InChI=1S/C12H22N2O3/c1-10-8-16-7-6-14(10)12(15)9-17-11-2-4-13-5-3-11/h10-11,13H,2-9H2,1H3/t10-/m1/s1. The van der Waals surface area contributed by atoms with Crippen molar-refractivity contribution < 1.29 is 14.3 Å². The summed E-state index contributed by atoms with van der Waals surface area (Å²) in [4.78, 5) is 13.8. The fourth-order valence-electron chi connectivity index (χ4n) is 2.33. The molecule has 0 aromatic heterocycles. The van der Waals surface area contributed by atoms with Crippen molar-refractivity contribution in [3.8, 4) is 0 Å². The summed E-state index contributed by atoms with van der Waals surface area (Å²) < 4.78 is 11.0. The van der Waals surface area contributed by atoms with Crippen molar-refractivity contribution in [2.24, 2.45) is 0 Å². The predicted octanol–water partition coefficient (Wildman–Crippen LogP) is 0.00230. The van der Waals surface area contributed by atoms with E-state index in [0.717, 1.165) is 25.9 Å². The van der Waals surface area contributed by atoms with Crippen LogP contribution in [0.15, 0.2) is 0 Å². The Balaban J connectivity index is 1.72. The first-order valence-electron chi connectivity index (χ1n) is 6.47. The van der Waals surface area contributed by atoms with Gasteiger partial charge in [0.1, 0.15) is 6.61 Å². The highest BCUT2D eigenvalue weighted by Crippen LogP contribution is 2.10. The normalized spacial score (nSPS) is 27.1. The Labute approximate surface area is 102 Å². The Morgan fingerprint density at radius 2 is 2.24 bits per heavy atom. The zero-order chi connectivity index (χ0) is 12.1. The maximum Gasteiger partial charge on any atom is 0.248 e. The first kappa shape index (κ1) is 12.8. The van der Waals surface area contributed by atoms with Gasteiger partial charge in [0, 0.05) is 6.54 Å². The topological polar surface area (TPSA) is 50.8 Å². The molecular formula is C12H22N2O3. The summed E-state index contributed by atoms with van der Waals surface area (Å²) >= 11 is 0. The number of nitrogens with zero attached hydrogens (tertiary/aromatic N) is 1. The van der Waals surface area contributed by atoms with Crippen LogP contribution >= 0.6 is 0 Å². The van der Waals surface area contributed by atoms with E-state index in [4.69, 9.17) is 9.47 Å². The Hall–Kier alpha value is -0.650. The van der Waals surface area contributed by atoms with Gasteiger partial charge >= 0.3 is 0 Å². The number of piperidine rings is 1. The third kappa shape index (κ3) is 3.66. The lowest BCUT2D eigenvalue weighted by molar-refractivity contribution is -0.146. The second kappa shape index (κ2) is 6.33. The number of carbonyl (C=O) groups is 1. The fraction of sp³-hybridized carbons (Fsp3) is 0.917. The van der Waals surface area contributed by atoms with Gasteiger partial charge in [0.15, 0.2) is 0 Å². The second-order valence-electron chi connectivity index (χ2n) is 4.77. The van der Waals surface area contributed by atoms with Gasteiger partial charge < -0.3 is 19.7 Å². The minimum atomic E-state index is 0.0966. The number of hydrogen-bond acceptors (Lipinski definition) is 4. The van der Waals surface area contributed by atoms with E-state index < -0.39 is 0 Å². The molecule has 0 aromatic carbocycles. The van der Waals surface area contributed by atoms with Crippen LogP contribution in [0.4, 0.5) is 0 Å². The quantitative estimate of drug-likeness (QED) is 0.757. The molecule has 2 aliphatic heterocycles. The molecule has 2 heterocycles. The molecule has 0 saturated carbocycles. The molecule has 2 aliphatic rings. The van der Waals surface area contributed by atoms with E-state index >= 15 is 0 Å². The molecular weight excluding hydrogens is 220 g/mol. The van der Waals surface area contributed by atoms with Crippen LogP contribution in [0.25, 0.3) is 0 Å². The lowest BCUT2D eigenvalue weighted by Crippen LogP contribution is -2.49. The van der Waals surface area contributed by atoms with Gasteiger partial charge in [-0.1, -0.05) is 0 Å². The van der Waals surface area contributed by atoms with Crippen LogP contribution < -0.4 is 5.32 Å². The van der Waals surface area contributed by atoms with Crippen LogP contribution in [0.3, 0.4) is 0 Å². The summed E-state index contributed by atoms with van der Waals surface area (Å²) in [6.07, 6.45) is 2.26. The van der Waals surface area contributed by atoms with Crippen LogP contribution in [0.2, 0.25) is 0 Å². The van der Waals surface area contributed by atoms with Gasteiger partial charge in [0.2, 0.25) is 5.91 Å². The Kier molecular flexibility index (Phi) is 4.76. The lowest BCUT2D eigenvalue weighted by atomic mass is 10.1. The summed E-state index contributed by atoms with van der Waals surface area (Å²) in [7, 11) is 0. The molecule has 98 valence electrons. The van der Waals surface area contributed by atoms with Crippen molar-refractivity contribution in [2.75, 3.05) is 39.5 Å². The highest BCUT2D eigenvalue weighted by Gasteiger charge is 2.24. The number of carbonyl (C=O) groups excluding carboxylic acids is 1. The Morgan fingerprint density at radius 1 is 1.47 bits per heavy atom. The maximum atomic E-state index is 12.0. The molecule has 1 atom stereocenters. The lowest BCUT2D eigenvalue weighted by Gasteiger charge is -2.33. The molecule has 2 fully saturated rings. The molecule has 0 radical (unpaired) electrons. The van der Waals surface area contributed by atoms with Gasteiger partial charge in [0.05, 0.1) is 25.4 Å². The molecule has 0 spiro atoms. The number of morpholine rings is 1. The number of ether oxygens (including phenoxy) is 2. The molecule has 1 amide bonds. The average Bonchev–Trinajstić information content (AvgIpc) is 2.38. The summed E-state index contributed by atoms with van der Waals surface area (Å²) in [5.74, 6) is 0.0966. The number of rotatable bonds is 3. The number of amides is 1. The van der Waals surface area contributed by atoms with Crippen LogP contribution in [-0.4, -0.2) is 62.4 Å². The molecule has 2 saturated heterocycles. The summed E-state index contributed by atoms with van der Waals surface area (Å²) in [6.45, 7) is 6.19. The number of nitrogens with one attached hydrogen (secondary N) is 1. The molecule has 2 rings (SSSR count). The highest BCUT2D eigenvalue weighted by atomic mass is 16.5. The van der Waals surface area contributed by atoms with E-state index in [0.29, 0.717) is 19.8 Å². The van der Waals surface area contributed by atoms with E-state index in [1.54, 1.807) is 0 Å². The van der Waals surface area contributed by atoms with E-state index in [2.05, 4.69) is 5.32 Å². The molecule has 0 unspecified atom stereocenters. The Morgan fingerprint density at radius 3 is 2.94 bits per heavy atom. The highest BCUT2D eigenvalue weighted by molar-refractivity contribution is 5.77. The smallest absolute Gasteiger partial charge is 0.248 e. The third-order valence-corrected chi connectivity index (χ3v) is 3.42. The molecule has 5 nitrogen and oxygen atoms in total. The zero-order valence-electron chi connectivity index (χ0n) is 10.5. The Bertz CT molecular complexity index is 254. The van der Waals surface area contributed by atoms with Gasteiger partial charge in [-0.3, -0.25) is 4.79 Å². The molecule has 0 bridgehead atoms. The third-order valence-electron chi connectivity index (χ3n) is 3.42. The van der Waals surface area contributed by atoms with Crippen molar-refractivity contribution in [1.82, 2.24) is 10.2 Å². The van der Waals surface area contributed by atoms with Crippen LogP contribution in [0.1, 0.15) is 19.8 Å². The average molecular weight is 242 g/mol. The SMILES string of the molecule is C[C@@H]1COCCN1C(=O)COC1CCNCC1. The molecule has 1 N–H and O–H groups in total. The van der Waals surface area contributed by atoms with Gasteiger partial charge in [-0.05, 0) is 32.9 Å². The van der Waals surface area contributed by atoms with Crippen molar-refractivity contribution in [1.29, 1.82) is 0 Å². The van der Waals surface area contributed by atoms with Crippen molar-refractivity contribution >= 4 is 5.91 Å². The van der Waals surface area contributed by atoms with Crippen LogP contribution in [0, 0.1) is 0 Å². The van der Waals surface area contributed by atoms with Gasteiger partial charge in [0.25, 0.3) is 0 Å².